The van der Waals surface area contributed by atoms with Crippen LogP contribution in [0.3, 0.4) is 0 Å². The van der Waals surface area contributed by atoms with Gasteiger partial charge in [0.25, 0.3) is 0 Å². The molecule has 0 saturated carbocycles. The number of allylic oxidation sites excluding steroid dienone is 2. The number of aryl methyl sites for hydroxylation is 1. The maximum absolute atomic E-state index is 7.75. The van der Waals surface area contributed by atoms with Crippen molar-refractivity contribution in [1.29, 1.82) is 5.41 Å². The van der Waals surface area contributed by atoms with Crippen LogP contribution in [0.2, 0.25) is 0 Å². The summed E-state index contributed by atoms with van der Waals surface area (Å²) in [4.78, 5) is 0. The third kappa shape index (κ3) is 4.19. The molecule has 1 heterocycles. The van der Waals surface area contributed by atoms with E-state index < -0.39 is 0 Å². The van der Waals surface area contributed by atoms with E-state index in [0.717, 1.165) is 46.7 Å². The Morgan fingerprint density at radius 3 is 2.61 bits per heavy atom. The van der Waals surface area contributed by atoms with Gasteiger partial charge in [-0.3, -0.25) is 0 Å². The van der Waals surface area contributed by atoms with Gasteiger partial charge in [-0.2, -0.15) is 0 Å². The number of benzene rings is 2. The maximum Gasteiger partial charge on any atom is 0.0605 e. The molecular weight excluding hydrogens is 346 g/mol. The number of nitrogens with two attached hydrogens (primary N) is 1. The summed E-state index contributed by atoms with van der Waals surface area (Å²) in [6.45, 7) is 4.86. The van der Waals surface area contributed by atoms with Crippen molar-refractivity contribution in [2.45, 2.75) is 26.3 Å². The minimum atomic E-state index is 0.142. The zero-order valence-corrected chi connectivity index (χ0v) is 16.8. The molecule has 28 heavy (non-hydrogen) atoms. The highest BCUT2D eigenvalue weighted by Crippen LogP contribution is 2.34. The second-order valence-corrected chi connectivity index (χ2v) is 7.17. The van der Waals surface area contributed by atoms with Crippen LogP contribution in [-0.2, 0) is 0 Å². The van der Waals surface area contributed by atoms with Crippen molar-refractivity contribution >= 4 is 23.2 Å². The van der Waals surface area contributed by atoms with E-state index in [-0.39, 0.29) is 6.04 Å². The zero-order valence-electron chi connectivity index (χ0n) is 16.8. The first-order valence-corrected chi connectivity index (χ1v) is 9.59. The number of hydrogen-bond acceptors (Lipinski definition) is 5. The molecule has 1 aliphatic rings. The van der Waals surface area contributed by atoms with Crippen LogP contribution < -0.4 is 21.7 Å². The van der Waals surface area contributed by atoms with E-state index in [2.05, 4.69) is 59.3 Å². The Kier molecular flexibility index (Phi) is 6.04. The largest absolute Gasteiger partial charge is 0.401 e. The van der Waals surface area contributed by atoms with E-state index in [0.29, 0.717) is 0 Å². The van der Waals surface area contributed by atoms with Crippen LogP contribution in [0.25, 0.3) is 11.3 Å². The van der Waals surface area contributed by atoms with E-state index in [1.807, 2.05) is 26.2 Å². The van der Waals surface area contributed by atoms with Gasteiger partial charge < -0.3 is 27.1 Å². The van der Waals surface area contributed by atoms with E-state index in [9.17, 15) is 0 Å². The Labute approximate surface area is 167 Å². The van der Waals surface area contributed by atoms with Crippen LogP contribution in [0.5, 0.6) is 0 Å². The van der Waals surface area contributed by atoms with Gasteiger partial charge in [0.2, 0.25) is 0 Å². The minimum absolute atomic E-state index is 0.142. The van der Waals surface area contributed by atoms with E-state index in [4.69, 9.17) is 11.1 Å². The summed E-state index contributed by atoms with van der Waals surface area (Å²) in [5, 5.41) is 18.0. The highest BCUT2D eigenvalue weighted by Gasteiger charge is 2.23. The lowest BCUT2D eigenvalue weighted by Gasteiger charge is -2.22. The molecule has 5 nitrogen and oxygen atoms in total. The molecule has 2 aromatic carbocycles. The van der Waals surface area contributed by atoms with Crippen LogP contribution in [0.15, 0.2) is 54.4 Å². The first kappa shape index (κ1) is 19.5. The number of anilines is 1. The molecule has 0 saturated heterocycles. The Morgan fingerprint density at radius 1 is 1.21 bits per heavy atom. The summed E-state index contributed by atoms with van der Waals surface area (Å²) in [5.41, 5.74) is 14.4. The predicted molar refractivity (Wildman–Crippen MR) is 119 cm³/mol. The number of fused-ring (bicyclic) bond motifs is 1. The molecule has 0 fully saturated rings. The molecule has 1 atom stereocenters. The Balaban J connectivity index is 2.09. The van der Waals surface area contributed by atoms with Crippen molar-refractivity contribution in [3.05, 3.63) is 76.6 Å². The van der Waals surface area contributed by atoms with Gasteiger partial charge in [0.05, 0.1) is 11.7 Å². The van der Waals surface area contributed by atoms with Crippen molar-refractivity contribution in [2.24, 2.45) is 5.73 Å². The standard InChI is InChI=1S/C23H29N5/c1-15-4-7-19(8-5-15)28-22-10-11-27-23(16(2)25)20-9-6-17(12-21(20)22)18(13-24)14-26-3/h4-9,12-14,22,24,26-28H,10-11,25H2,1-3H3/b18-14+,23-16-,24-13?. The topological polar surface area (TPSA) is 86.0 Å². The van der Waals surface area contributed by atoms with E-state index in [1.165, 1.54) is 17.3 Å². The van der Waals surface area contributed by atoms with Gasteiger partial charge in [-0.05, 0) is 49.6 Å². The summed E-state index contributed by atoms with van der Waals surface area (Å²) in [7, 11) is 1.84. The summed E-state index contributed by atoms with van der Waals surface area (Å²) in [6, 6.07) is 14.9. The molecule has 6 N–H and O–H groups in total. The zero-order chi connectivity index (χ0) is 20.1. The van der Waals surface area contributed by atoms with Gasteiger partial charge in [-0.25, -0.2) is 0 Å². The molecule has 146 valence electrons. The normalized spacial score (nSPS) is 18.4. The summed E-state index contributed by atoms with van der Waals surface area (Å²) < 4.78 is 0. The van der Waals surface area contributed by atoms with Crippen LogP contribution in [0.4, 0.5) is 5.69 Å². The summed E-state index contributed by atoms with van der Waals surface area (Å²) in [5.74, 6) is 0. The fourth-order valence-corrected chi connectivity index (χ4v) is 3.57. The average Bonchev–Trinajstić information content (AvgIpc) is 2.87. The van der Waals surface area contributed by atoms with E-state index in [1.54, 1.807) is 0 Å². The summed E-state index contributed by atoms with van der Waals surface area (Å²) >= 11 is 0. The van der Waals surface area contributed by atoms with E-state index >= 15 is 0 Å². The van der Waals surface area contributed by atoms with Crippen LogP contribution in [-0.4, -0.2) is 19.8 Å². The molecule has 1 unspecified atom stereocenters. The van der Waals surface area contributed by atoms with Gasteiger partial charge in [-0.1, -0.05) is 29.8 Å². The van der Waals surface area contributed by atoms with Gasteiger partial charge >= 0.3 is 0 Å². The van der Waals surface area contributed by atoms with Crippen LogP contribution in [0.1, 0.15) is 41.6 Å². The maximum atomic E-state index is 7.75. The summed E-state index contributed by atoms with van der Waals surface area (Å²) in [6.07, 6.45) is 4.15. The Morgan fingerprint density at radius 2 is 1.96 bits per heavy atom. The molecule has 1 aliphatic heterocycles. The molecule has 2 aromatic rings. The predicted octanol–water partition coefficient (Wildman–Crippen LogP) is 4.00. The lowest BCUT2D eigenvalue weighted by atomic mass is 9.92. The average molecular weight is 376 g/mol. The number of hydrogen-bond donors (Lipinski definition) is 5. The smallest absolute Gasteiger partial charge is 0.0605 e. The monoisotopic (exact) mass is 375 g/mol. The molecule has 0 spiro atoms. The molecule has 0 amide bonds. The third-order valence-corrected chi connectivity index (χ3v) is 5.01. The molecule has 5 heteroatoms. The second-order valence-electron chi connectivity index (χ2n) is 7.17. The van der Waals surface area contributed by atoms with Gasteiger partial charge in [0.15, 0.2) is 0 Å². The number of rotatable bonds is 5. The van der Waals surface area contributed by atoms with Crippen molar-refractivity contribution < 1.29 is 0 Å². The van der Waals surface area contributed by atoms with Crippen molar-refractivity contribution in [1.82, 2.24) is 10.6 Å². The fraction of sp³-hybridized carbons (Fsp3) is 0.261. The lowest BCUT2D eigenvalue weighted by molar-refractivity contribution is 0.682. The molecule has 0 aliphatic carbocycles. The first-order valence-electron chi connectivity index (χ1n) is 9.59. The number of nitrogens with one attached hydrogen (secondary N) is 4. The third-order valence-electron chi connectivity index (χ3n) is 5.01. The van der Waals surface area contributed by atoms with Crippen molar-refractivity contribution in [3.63, 3.8) is 0 Å². The van der Waals surface area contributed by atoms with Crippen molar-refractivity contribution in [3.8, 4) is 0 Å². The Hall–Kier alpha value is -3.21. The minimum Gasteiger partial charge on any atom is -0.401 e. The van der Waals surface area contributed by atoms with Crippen molar-refractivity contribution in [2.75, 3.05) is 18.9 Å². The highest BCUT2D eigenvalue weighted by atomic mass is 15.0. The molecular formula is C23H29N5. The highest BCUT2D eigenvalue weighted by molar-refractivity contribution is 6.08. The second kappa shape index (κ2) is 8.65. The quantitative estimate of drug-likeness (QED) is 0.511. The SMILES string of the molecule is CN/C=C(\C=N)c1ccc2c(c1)C(Nc1ccc(C)cc1)CCN/C2=C(/C)N. The van der Waals surface area contributed by atoms with Gasteiger partial charge in [0, 0.05) is 48.5 Å². The molecule has 0 radical (unpaired) electrons. The van der Waals surface area contributed by atoms with Gasteiger partial charge in [0.1, 0.15) is 0 Å². The molecule has 0 aromatic heterocycles. The van der Waals surface area contributed by atoms with Crippen LogP contribution in [0, 0.1) is 12.3 Å². The van der Waals surface area contributed by atoms with Crippen LogP contribution >= 0.6 is 0 Å². The molecule has 3 rings (SSSR count). The van der Waals surface area contributed by atoms with Gasteiger partial charge in [-0.15, -0.1) is 0 Å². The lowest BCUT2D eigenvalue weighted by Crippen LogP contribution is -2.16. The Bertz CT molecular complexity index is 905. The first-order chi connectivity index (χ1) is 13.5. The fourth-order valence-electron chi connectivity index (χ4n) is 3.57. The molecule has 0 bridgehead atoms.